The highest BCUT2D eigenvalue weighted by Crippen LogP contribution is 2.32. The maximum absolute atomic E-state index is 12.2. The molecular formula is C21H22ClN3O3S. The van der Waals surface area contributed by atoms with Gasteiger partial charge >= 0.3 is 0 Å². The second kappa shape index (κ2) is 8.57. The number of amides is 2. The van der Waals surface area contributed by atoms with Crippen molar-refractivity contribution in [3.63, 3.8) is 0 Å². The van der Waals surface area contributed by atoms with Crippen molar-refractivity contribution in [1.82, 2.24) is 5.32 Å². The fourth-order valence-electron chi connectivity index (χ4n) is 3.68. The zero-order chi connectivity index (χ0) is 20.4. The van der Waals surface area contributed by atoms with Gasteiger partial charge in [-0.25, -0.2) is 0 Å². The molecule has 6 nitrogen and oxygen atoms in total. The fourth-order valence-corrected chi connectivity index (χ4v) is 4.64. The summed E-state index contributed by atoms with van der Waals surface area (Å²) in [5.41, 5.74) is 2.95. The van der Waals surface area contributed by atoms with E-state index in [1.165, 1.54) is 11.3 Å². The average Bonchev–Trinajstić information content (AvgIpc) is 3.32. The number of nitrogens with one attached hydrogen (secondary N) is 1. The van der Waals surface area contributed by atoms with Crippen molar-refractivity contribution in [3.8, 4) is 0 Å². The maximum atomic E-state index is 12.2. The number of benzene rings is 1. The van der Waals surface area contributed by atoms with Gasteiger partial charge in [0.05, 0.1) is 15.8 Å². The van der Waals surface area contributed by atoms with Crippen molar-refractivity contribution in [2.24, 2.45) is 5.92 Å². The lowest BCUT2D eigenvalue weighted by atomic mass is 10.1. The molecule has 8 heteroatoms. The van der Waals surface area contributed by atoms with E-state index in [-0.39, 0.29) is 18.4 Å². The van der Waals surface area contributed by atoms with E-state index in [1.807, 2.05) is 24.3 Å². The average molecular weight is 432 g/mol. The van der Waals surface area contributed by atoms with Gasteiger partial charge in [-0.1, -0.05) is 18.2 Å². The number of anilines is 2. The molecule has 3 heterocycles. The van der Waals surface area contributed by atoms with Gasteiger partial charge in [0, 0.05) is 36.7 Å². The number of morpholine rings is 1. The normalized spacial score (nSPS) is 19.7. The molecule has 0 bridgehead atoms. The van der Waals surface area contributed by atoms with Crippen LogP contribution >= 0.6 is 22.9 Å². The number of rotatable bonds is 5. The molecule has 0 radical (unpaired) electrons. The number of ether oxygens (including phenoxy) is 1. The summed E-state index contributed by atoms with van der Waals surface area (Å²) in [6, 6.07) is 11.4. The van der Waals surface area contributed by atoms with Crippen LogP contribution in [0.25, 0.3) is 0 Å². The molecule has 1 atom stereocenters. The molecule has 1 aromatic carbocycles. The van der Waals surface area contributed by atoms with E-state index < -0.39 is 0 Å². The summed E-state index contributed by atoms with van der Waals surface area (Å²) < 4.78 is 5.80. The van der Waals surface area contributed by atoms with Crippen molar-refractivity contribution in [1.29, 1.82) is 0 Å². The van der Waals surface area contributed by atoms with Gasteiger partial charge in [0.25, 0.3) is 11.8 Å². The molecule has 1 unspecified atom stereocenters. The van der Waals surface area contributed by atoms with Crippen LogP contribution in [0.2, 0.25) is 4.34 Å². The Balaban J connectivity index is 1.35. The Morgan fingerprint density at radius 2 is 1.93 bits per heavy atom. The van der Waals surface area contributed by atoms with Gasteiger partial charge in [0.2, 0.25) is 0 Å². The molecule has 2 amide bonds. The standard InChI is InChI=1S/C21H22ClN3O3S/c1-14-10-15(11-23-21(27)18-6-7-19(22)29-18)12-25(14)17-4-2-16(3-5-17)24-8-9-28-13-20(24)26/h2-7,15H,1,8-13H2,(H,23,27). The summed E-state index contributed by atoms with van der Waals surface area (Å²) in [5, 5.41) is 2.99. The van der Waals surface area contributed by atoms with Crippen molar-refractivity contribution in [2.45, 2.75) is 6.42 Å². The molecule has 2 aromatic rings. The maximum Gasteiger partial charge on any atom is 0.261 e. The summed E-state index contributed by atoms with van der Waals surface area (Å²) in [4.78, 5) is 28.8. The first-order valence-corrected chi connectivity index (χ1v) is 10.7. The summed E-state index contributed by atoms with van der Waals surface area (Å²) in [7, 11) is 0. The second-order valence-corrected chi connectivity index (χ2v) is 8.89. The van der Waals surface area contributed by atoms with Gasteiger partial charge in [0.1, 0.15) is 6.61 Å². The highest BCUT2D eigenvalue weighted by atomic mass is 35.5. The molecule has 2 aliphatic heterocycles. The lowest BCUT2D eigenvalue weighted by Crippen LogP contribution is -2.41. The first kappa shape index (κ1) is 19.9. The zero-order valence-corrected chi connectivity index (χ0v) is 17.5. The van der Waals surface area contributed by atoms with Crippen LogP contribution in [0, 0.1) is 5.92 Å². The van der Waals surface area contributed by atoms with Crippen LogP contribution < -0.4 is 15.1 Å². The molecule has 2 saturated heterocycles. The van der Waals surface area contributed by atoms with Gasteiger partial charge < -0.3 is 19.9 Å². The largest absolute Gasteiger partial charge is 0.370 e. The predicted octanol–water partition coefficient (Wildman–Crippen LogP) is 3.53. The Hall–Kier alpha value is -2.35. The number of allylic oxidation sites excluding steroid dienone is 1. The number of hydrogen-bond acceptors (Lipinski definition) is 5. The Morgan fingerprint density at radius 3 is 2.59 bits per heavy atom. The first-order valence-electron chi connectivity index (χ1n) is 9.48. The molecule has 4 rings (SSSR count). The minimum Gasteiger partial charge on any atom is -0.370 e. The number of carbonyl (C=O) groups excluding carboxylic acids is 2. The molecule has 2 aliphatic rings. The van der Waals surface area contributed by atoms with Gasteiger partial charge in [0.15, 0.2) is 0 Å². The van der Waals surface area contributed by atoms with E-state index in [9.17, 15) is 9.59 Å². The van der Waals surface area contributed by atoms with Crippen LogP contribution in [0.1, 0.15) is 16.1 Å². The fraction of sp³-hybridized carbons (Fsp3) is 0.333. The monoisotopic (exact) mass is 431 g/mol. The molecule has 0 spiro atoms. The molecule has 2 fully saturated rings. The van der Waals surface area contributed by atoms with Gasteiger partial charge in [-0.2, -0.15) is 0 Å². The molecule has 29 heavy (non-hydrogen) atoms. The van der Waals surface area contributed by atoms with Crippen LogP contribution in [-0.4, -0.2) is 44.7 Å². The molecule has 0 saturated carbocycles. The highest BCUT2D eigenvalue weighted by Gasteiger charge is 2.27. The van der Waals surface area contributed by atoms with E-state index in [4.69, 9.17) is 16.3 Å². The number of carbonyl (C=O) groups is 2. The van der Waals surface area contributed by atoms with Gasteiger partial charge in [-0.15, -0.1) is 11.3 Å². The Bertz CT molecular complexity index is 928. The molecule has 1 aromatic heterocycles. The topological polar surface area (TPSA) is 61.9 Å². The summed E-state index contributed by atoms with van der Waals surface area (Å²) in [6.45, 7) is 6.84. The van der Waals surface area contributed by atoms with E-state index in [0.29, 0.717) is 34.8 Å². The summed E-state index contributed by atoms with van der Waals surface area (Å²) >= 11 is 7.18. The van der Waals surface area contributed by atoms with E-state index >= 15 is 0 Å². The van der Waals surface area contributed by atoms with Gasteiger partial charge in [-0.3, -0.25) is 9.59 Å². The molecular weight excluding hydrogens is 410 g/mol. The smallest absolute Gasteiger partial charge is 0.261 e. The summed E-state index contributed by atoms with van der Waals surface area (Å²) in [6.07, 6.45) is 0.829. The lowest BCUT2D eigenvalue weighted by molar-refractivity contribution is -0.125. The highest BCUT2D eigenvalue weighted by molar-refractivity contribution is 7.17. The van der Waals surface area contributed by atoms with E-state index in [1.54, 1.807) is 17.0 Å². The Kier molecular flexibility index (Phi) is 5.89. The van der Waals surface area contributed by atoms with Crippen LogP contribution in [0.5, 0.6) is 0 Å². The third-order valence-electron chi connectivity index (χ3n) is 5.15. The lowest BCUT2D eigenvalue weighted by Gasteiger charge is -2.27. The number of thiophene rings is 1. The van der Waals surface area contributed by atoms with Crippen LogP contribution in [-0.2, 0) is 9.53 Å². The van der Waals surface area contributed by atoms with Crippen molar-refractivity contribution >= 4 is 46.1 Å². The van der Waals surface area contributed by atoms with Crippen LogP contribution in [0.3, 0.4) is 0 Å². The zero-order valence-electron chi connectivity index (χ0n) is 15.9. The molecule has 152 valence electrons. The van der Waals surface area contributed by atoms with Crippen LogP contribution in [0.4, 0.5) is 11.4 Å². The second-order valence-electron chi connectivity index (χ2n) is 7.18. The SMILES string of the molecule is C=C1CC(CNC(=O)c2ccc(Cl)s2)CN1c1ccc(N2CCOCC2=O)cc1. The minimum atomic E-state index is -0.0921. The number of hydrogen-bond donors (Lipinski definition) is 1. The Morgan fingerprint density at radius 1 is 1.21 bits per heavy atom. The third-order valence-corrected chi connectivity index (χ3v) is 6.38. The van der Waals surface area contributed by atoms with Crippen molar-refractivity contribution in [3.05, 3.63) is 57.9 Å². The van der Waals surface area contributed by atoms with Crippen LogP contribution in [0.15, 0.2) is 48.7 Å². The quantitative estimate of drug-likeness (QED) is 0.786. The number of halogens is 1. The van der Waals surface area contributed by atoms with Crippen molar-refractivity contribution in [2.75, 3.05) is 42.6 Å². The number of nitrogens with zero attached hydrogens (tertiary/aromatic N) is 2. The Labute approximate surface area is 178 Å². The van der Waals surface area contributed by atoms with E-state index in [0.717, 1.165) is 30.0 Å². The summed E-state index contributed by atoms with van der Waals surface area (Å²) in [5.74, 6) is 0.185. The predicted molar refractivity (Wildman–Crippen MR) is 116 cm³/mol. The van der Waals surface area contributed by atoms with Crippen molar-refractivity contribution < 1.29 is 14.3 Å². The van der Waals surface area contributed by atoms with E-state index in [2.05, 4.69) is 16.8 Å². The minimum absolute atomic E-state index is 0.0163. The molecule has 1 N–H and O–H groups in total. The third kappa shape index (κ3) is 4.47. The first-order chi connectivity index (χ1) is 14.0. The van der Waals surface area contributed by atoms with Gasteiger partial charge in [-0.05, 0) is 48.7 Å². The molecule has 0 aliphatic carbocycles.